The van der Waals surface area contributed by atoms with Crippen LogP contribution >= 0.6 is 11.8 Å². The second kappa shape index (κ2) is 8.68. The van der Waals surface area contributed by atoms with Crippen molar-refractivity contribution in [3.63, 3.8) is 0 Å². The molecule has 1 atom stereocenters. The molecule has 0 saturated carbocycles. The monoisotopic (exact) mass is 386 g/mol. The number of benzene rings is 2. The zero-order chi connectivity index (χ0) is 19.2. The van der Waals surface area contributed by atoms with Crippen molar-refractivity contribution in [1.82, 2.24) is 20.1 Å². The summed E-state index contributed by atoms with van der Waals surface area (Å²) in [5, 5.41) is 10.8. The largest absolute Gasteiger partial charge is 0.497 e. The standard InChI is InChI=1S/C19H19FN4O2S/c1-13(18(25)21-11-14-7-9-15(26-2)10-8-14)27-19-23-22-12-24(19)17-6-4-3-5-16(17)20/h3-10,12-13H,11H2,1-2H3,(H,21,25)/t13-/m1/s1. The summed E-state index contributed by atoms with van der Waals surface area (Å²) in [5.74, 6) is 0.246. The lowest BCUT2D eigenvalue weighted by Gasteiger charge is -2.13. The van der Waals surface area contributed by atoms with Crippen molar-refractivity contribution in [2.24, 2.45) is 0 Å². The summed E-state index contributed by atoms with van der Waals surface area (Å²) in [6.45, 7) is 2.18. The number of methoxy groups -OCH3 is 1. The van der Waals surface area contributed by atoms with Crippen molar-refractivity contribution in [3.8, 4) is 11.4 Å². The van der Waals surface area contributed by atoms with Crippen LogP contribution in [0.5, 0.6) is 5.75 Å². The third-order valence-corrected chi connectivity index (χ3v) is 4.96. The fourth-order valence-electron chi connectivity index (χ4n) is 2.41. The maximum absolute atomic E-state index is 14.0. The molecule has 8 heteroatoms. The van der Waals surface area contributed by atoms with Gasteiger partial charge in [-0.05, 0) is 36.8 Å². The van der Waals surface area contributed by atoms with Gasteiger partial charge in [-0.3, -0.25) is 9.36 Å². The molecule has 0 unspecified atom stereocenters. The van der Waals surface area contributed by atoms with Crippen LogP contribution in [-0.4, -0.2) is 33.0 Å². The predicted octanol–water partition coefficient (Wildman–Crippen LogP) is 3.21. The molecule has 0 aliphatic carbocycles. The van der Waals surface area contributed by atoms with Gasteiger partial charge in [0.15, 0.2) is 5.16 Å². The van der Waals surface area contributed by atoms with Crippen molar-refractivity contribution in [3.05, 3.63) is 66.2 Å². The number of nitrogens with zero attached hydrogens (tertiary/aromatic N) is 3. The van der Waals surface area contributed by atoms with Crippen LogP contribution in [0.25, 0.3) is 5.69 Å². The van der Waals surface area contributed by atoms with E-state index in [1.165, 1.54) is 28.7 Å². The summed E-state index contributed by atoms with van der Waals surface area (Å²) >= 11 is 1.22. The topological polar surface area (TPSA) is 69.0 Å². The first-order valence-corrected chi connectivity index (χ1v) is 9.18. The molecule has 0 bridgehead atoms. The molecule has 1 N–H and O–H groups in total. The first kappa shape index (κ1) is 18.9. The Morgan fingerprint density at radius 3 is 2.70 bits per heavy atom. The van der Waals surface area contributed by atoms with Gasteiger partial charge in [-0.2, -0.15) is 0 Å². The number of hydrogen-bond acceptors (Lipinski definition) is 5. The number of hydrogen-bond donors (Lipinski definition) is 1. The second-order valence-corrected chi connectivity index (χ2v) is 7.07. The van der Waals surface area contributed by atoms with Crippen molar-refractivity contribution >= 4 is 17.7 Å². The van der Waals surface area contributed by atoms with E-state index in [-0.39, 0.29) is 11.7 Å². The van der Waals surface area contributed by atoms with E-state index in [0.29, 0.717) is 17.4 Å². The highest BCUT2D eigenvalue weighted by Crippen LogP contribution is 2.25. The van der Waals surface area contributed by atoms with E-state index in [2.05, 4.69) is 15.5 Å². The molecule has 0 aliphatic rings. The highest BCUT2D eigenvalue weighted by molar-refractivity contribution is 8.00. The summed E-state index contributed by atoms with van der Waals surface area (Å²) in [6.07, 6.45) is 1.43. The van der Waals surface area contributed by atoms with Crippen molar-refractivity contribution < 1.29 is 13.9 Å². The molecule has 0 spiro atoms. The molecule has 0 saturated heterocycles. The molecule has 3 aromatic rings. The second-order valence-electron chi connectivity index (χ2n) is 5.76. The number of amides is 1. The molecular formula is C19H19FN4O2S. The number of rotatable bonds is 7. The summed E-state index contributed by atoms with van der Waals surface area (Å²) in [7, 11) is 1.61. The average Bonchev–Trinajstić information content (AvgIpc) is 3.14. The highest BCUT2D eigenvalue weighted by Gasteiger charge is 2.19. The Balaban J connectivity index is 1.62. The van der Waals surface area contributed by atoms with E-state index in [1.54, 1.807) is 32.2 Å². The van der Waals surface area contributed by atoms with Crippen LogP contribution in [-0.2, 0) is 11.3 Å². The van der Waals surface area contributed by atoms with Gasteiger partial charge < -0.3 is 10.1 Å². The summed E-state index contributed by atoms with van der Waals surface area (Å²) in [6, 6.07) is 13.8. The fourth-order valence-corrected chi connectivity index (χ4v) is 3.26. The van der Waals surface area contributed by atoms with E-state index in [4.69, 9.17) is 4.74 Å². The number of carbonyl (C=O) groups is 1. The number of para-hydroxylation sites is 1. The Kier molecular flexibility index (Phi) is 6.08. The summed E-state index contributed by atoms with van der Waals surface area (Å²) in [5.41, 5.74) is 1.31. The maximum atomic E-state index is 14.0. The zero-order valence-corrected chi connectivity index (χ0v) is 15.7. The summed E-state index contributed by atoms with van der Waals surface area (Å²) in [4.78, 5) is 12.4. The maximum Gasteiger partial charge on any atom is 0.233 e. The molecule has 6 nitrogen and oxygen atoms in total. The van der Waals surface area contributed by atoms with Gasteiger partial charge in [-0.25, -0.2) is 4.39 Å². The number of ether oxygens (including phenoxy) is 1. The molecule has 140 valence electrons. The van der Waals surface area contributed by atoms with E-state index in [0.717, 1.165) is 11.3 Å². The van der Waals surface area contributed by atoms with Crippen LogP contribution in [0.1, 0.15) is 12.5 Å². The number of halogens is 1. The number of carbonyl (C=O) groups excluding carboxylic acids is 1. The SMILES string of the molecule is COc1ccc(CNC(=O)[C@@H](C)Sc2nncn2-c2ccccc2F)cc1. The Labute approximate surface area is 160 Å². The third-order valence-electron chi connectivity index (χ3n) is 3.91. The Bertz CT molecular complexity index is 914. The van der Waals surface area contributed by atoms with Crippen LogP contribution in [0.15, 0.2) is 60.0 Å². The average molecular weight is 386 g/mol. The molecule has 0 fully saturated rings. The minimum atomic E-state index is -0.419. The van der Waals surface area contributed by atoms with Crippen LogP contribution in [0.2, 0.25) is 0 Å². The molecule has 1 aromatic heterocycles. The lowest BCUT2D eigenvalue weighted by Crippen LogP contribution is -2.30. The Morgan fingerprint density at radius 2 is 2.00 bits per heavy atom. The van der Waals surface area contributed by atoms with E-state index in [9.17, 15) is 9.18 Å². The van der Waals surface area contributed by atoms with Crippen LogP contribution in [0.4, 0.5) is 4.39 Å². The van der Waals surface area contributed by atoms with Gasteiger partial charge in [0.25, 0.3) is 0 Å². The van der Waals surface area contributed by atoms with Crippen LogP contribution in [0, 0.1) is 5.82 Å². The third kappa shape index (κ3) is 4.65. The molecule has 2 aromatic carbocycles. The van der Waals surface area contributed by atoms with Gasteiger partial charge in [0.2, 0.25) is 5.91 Å². The Hall–Kier alpha value is -2.87. The van der Waals surface area contributed by atoms with E-state index < -0.39 is 5.25 Å². The lowest BCUT2D eigenvalue weighted by atomic mass is 10.2. The van der Waals surface area contributed by atoms with E-state index in [1.807, 2.05) is 24.3 Å². The smallest absolute Gasteiger partial charge is 0.233 e. The summed E-state index contributed by atoms with van der Waals surface area (Å²) < 4.78 is 20.7. The first-order valence-electron chi connectivity index (χ1n) is 8.30. The molecule has 1 heterocycles. The normalized spacial score (nSPS) is 11.8. The fraction of sp³-hybridized carbons (Fsp3) is 0.211. The van der Waals surface area contributed by atoms with Crippen LogP contribution in [0.3, 0.4) is 0 Å². The van der Waals surface area contributed by atoms with Gasteiger partial charge >= 0.3 is 0 Å². The molecule has 27 heavy (non-hydrogen) atoms. The predicted molar refractivity (Wildman–Crippen MR) is 101 cm³/mol. The highest BCUT2D eigenvalue weighted by atomic mass is 32.2. The first-order chi connectivity index (χ1) is 13.1. The molecule has 0 radical (unpaired) electrons. The van der Waals surface area contributed by atoms with Gasteiger partial charge in [0, 0.05) is 6.54 Å². The van der Waals surface area contributed by atoms with Gasteiger partial charge in [-0.1, -0.05) is 36.0 Å². The lowest BCUT2D eigenvalue weighted by molar-refractivity contribution is -0.120. The van der Waals surface area contributed by atoms with Crippen molar-refractivity contribution in [1.29, 1.82) is 0 Å². The minimum Gasteiger partial charge on any atom is -0.497 e. The van der Waals surface area contributed by atoms with Crippen molar-refractivity contribution in [2.75, 3.05) is 7.11 Å². The van der Waals surface area contributed by atoms with Crippen molar-refractivity contribution in [2.45, 2.75) is 23.9 Å². The van der Waals surface area contributed by atoms with Gasteiger partial charge in [0.05, 0.1) is 18.0 Å². The minimum absolute atomic E-state index is 0.140. The molecule has 1 amide bonds. The van der Waals surface area contributed by atoms with Crippen LogP contribution < -0.4 is 10.1 Å². The van der Waals surface area contributed by atoms with Gasteiger partial charge in [-0.15, -0.1) is 10.2 Å². The number of thioether (sulfide) groups is 1. The molecular weight excluding hydrogens is 367 g/mol. The number of nitrogens with one attached hydrogen (secondary N) is 1. The van der Waals surface area contributed by atoms with Gasteiger partial charge in [0.1, 0.15) is 17.9 Å². The zero-order valence-electron chi connectivity index (χ0n) is 14.9. The number of aromatic nitrogens is 3. The molecule has 3 rings (SSSR count). The quantitative estimate of drug-likeness (QED) is 0.632. The molecule has 0 aliphatic heterocycles. The Morgan fingerprint density at radius 1 is 1.26 bits per heavy atom. The van der Waals surface area contributed by atoms with E-state index >= 15 is 0 Å².